The Kier molecular flexibility index (Phi) is 4.11. The number of rotatable bonds is 4. The Morgan fingerprint density at radius 2 is 1.35 bits per heavy atom. The highest BCUT2D eigenvalue weighted by Crippen LogP contribution is 2.38. The summed E-state index contributed by atoms with van der Waals surface area (Å²) in [4.78, 5) is 47.3. The van der Waals surface area contributed by atoms with E-state index < -0.39 is 32.8 Å². The lowest BCUT2D eigenvalue weighted by atomic mass is 9.80. The van der Waals surface area contributed by atoms with Crippen LogP contribution in [0.3, 0.4) is 0 Å². The molecule has 0 heterocycles. The predicted octanol–water partition coefficient (Wildman–Crippen LogP) is 3.54. The van der Waals surface area contributed by atoms with Crippen LogP contribution in [0.4, 0.5) is 11.4 Å². The van der Waals surface area contributed by atoms with Crippen molar-refractivity contribution in [2.45, 2.75) is 26.7 Å². The summed E-state index contributed by atoms with van der Waals surface area (Å²) in [5.74, 6) is -1.47. The van der Waals surface area contributed by atoms with Gasteiger partial charge in [-0.2, -0.15) is 0 Å². The van der Waals surface area contributed by atoms with Gasteiger partial charge in [0.25, 0.3) is 11.4 Å². The van der Waals surface area contributed by atoms with E-state index in [0.717, 1.165) is 0 Å². The fourth-order valence-corrected chi connectivity index (χ4v) is 3.28. The van der Waals surface area contributed by atoms with Gasteiger partial charge in [-0.3, -0.25) is 29.8 Å². The Labute approximate surface area is 147 Å². The molecular weight excluding hydrogens is 340 g/mol. The molecule has 3 rings (SSSR count). The molecule has 26 heavy (non-hydrogen) atoms. The van der Waals surface area contributed by atoms with Gasteiger partial charge in [0.15, 0.2) is 0 Å². The molecule has 0 spiro atoms. The molecule has 8 nitrogen and oxygen atoms in total. The monoisotopic (exact) mass is 354 g/mol. The maximum absolute atomic E-state index is 12.9. The summed E-state index contributed by atoms with van der Waals surface area (Å²) in [6, 6.07) is 5.30. The first kappa shape index (κ1) is 17.4. The number of hydrogen-bond acceptors (Lipinski definition) is 6. The summed E-state index contributed by atoms with van der Waals surface area (Å²) in [6.45, 7) is 3.43. The largest absolute Gasteiger partial charge is 0.288 e. The lowest BCUT2D eigenvalue weighted by Crippen LogP contribution is -2.24. The zero-order valence-corrected chi connectivity index (χ0v) is 14.1. The van der Waals surface area contributed by atoms with Gasteiger partial charge in [-0.05, 0) is 36.6 Å². The van der Waals surface area contributed by atoms with E-state index in [9.17, 15) is 29.8 Å². The molecule has 0 saturated heterocycles. The molecular formula is C18H14N2O6. The average molecular weight is 354 g/mol. The van der Waals surface area contributed by atoms with Crippen LogP contribution in [-0.4, -0.2) is 21.4 Å². The Hall–Kier alpha value is -3.42. The summed E-state index contributed by atoms with van der Waals surface area (Å²) in [5.41, 5.74) is -0.866. The first-order chi connectivity index (χ1) is 12.3. The number of aryl methyl sites for hydroxylation is 2. The van der Waals surface area contributed by atoms with Crippen LogP contribution in [0.25, 0.3) is 0 Å². The van der Waals surface area contributed by atoms with Crippen molar-refractivity contribution in [2.75, 3.05) is 0 Å². The van der Waals surface area contributed by atoms with E-state index in [-0.39, 0.29) is 22.3 Å². The predicted molar refractivity (Wildman–Crippen MR) is 91.8 cm³/mol. The van der Waals surface area contributed by atoms with E-state index >= 15 is 0 Å². The van der Waals surface area contributed by atoms with Gasteiger partial charge in [-0.25, -0.2) is 0 Å². The molecule has 0 N–H and O–H groups in total. The lowest BCUT2D eigenvalue weighted by Gasteiger charge is -2.19. The van der Waals surface area contributed by atoms with Crippen molar-refractivity contribution < 1.29 is 19.4 Å². The van der Waals surface area contributed by atoms with Crippen LogP contribution in [0.2, 0.25) is 0 Å². The summed E-state index contributed by atoms with van der Waals surface area (Å²) in [7, 11) is 0. The van der Waals surface area contributed by atoms with Crippen LogP contribution in [0.1, 0.15) is 56.3 Å². The van der Waals surface area contributed by atoms with E-state index in [1.54, 1.807) is 6.92 Å². The summed E-state index contributed by atoms with van der Waals surface area (Å²) >= 11 is 0. The van der Waals surface area contributed by atoms with Gasteiger partial charge in [0, 0.05) is 23.3 Å². The SMILES string of the molecule is CCCc1cc2c(c([N+](=O)[O-])c1)C(=O)c1cc(C)cc([N+](=O)[O-])c1C2=O. The van der Waals surface area contributed by atoms with E-state index in [0.29, 0.717) is 24.0 Å². The number of benzene rings is 2. The first-order valence-electron chi connectivity index (χ1n) is 7.96. The number of nitro groups is 2. The molecule has 0 amide bonds. The molecule has 132 valence electrons. The zero-order valence-electron chi connectivity index (χ0n) is 14.1. The maximum atomic E-state index is 12.9. The van der Waals surface area contributed by atoms with Gasteiger partial charge in [-0.15, -0.1) is 0 Å². The molecule has 0 atom stereocenters. The molecule has 8 heteroatoms. The highest BCUT2D eigenvalue weighted by molar-refractivity contribution is 6.31. The molecule has 2 aromatic carbocycles. The summed E-state index contributed by atoms with van der Waals surface area (Å²) in [5, 5.41) is 22.8. The third-order valence-corrected chi connectivity index (χ3v) is 4.31. The number of carbonyl (C=O) groups is 2. The van der Waals surface area contributed by atoms with E-state index in [1.807, 2.05) is 6.92 Å². The smallest absolute Gasteiger partial charge is 0.281 e. The van der Waals surface area contributed by atoms with Gasteiger partial charge in [0.05, 0.1) is 9.85 Å². The second kappa shape index (κ2) is 6.14. The van der Waals surface area contributed by atoms with Crippen molar-refractivity contribution in [3.8, 4) is 0 Å². The highest BCUT2D eigenvalue weighted by atomic mass is 16.6. The second-order valence-corrected chi connectivity index (χ2v) is 6.17. The summed E-state index contributed by atoms with van der Waals surface area (Å²) in [6.07, 6.45) is 1.17. The van der Waals surface area contributed by atoms with Gasteiger partial charge in [0.1, 0.15) is 11.1 Å². The molecule has 0 unspecified atom stereocenters. The van der Waals surface area contributed by atoms with Crippen LogP contribution in [-0.2, 0) is 6.42 Å². The molecule has 0 bridgehead atoms. The number of fused-ring (bicyclic) bond motifs is 2. The van der Waals surface area contributed by atoms with Crippen molar-refractivity contribution in [1.82, 2.24) is 0 Å². The number of carbonyl (C=O) groups excluding carboxylic acids is 2. The van der Waals surface area contributed by atoms with Crippen LogP contribution >= 0.6 is 0 Å². The lowest BCUT2D eigenvalue weighted by molar-refractivity contribution is -0.385. The van der Waals surface area contributed by atoms with E-state index in [4.69, 9.17) is 0 Å². The molecule has 0 aromatic heterocycles. The Bertz CT molecular complexity index is 1010. The van der Waals surface area contributed by atoms with Crippen LogP contribution in [0, 0.1) is 27.2 Å². The molecule has 0 fully saturated rings. The average Bonchev–Trinajstić information content (AvgIpc) is 2.58. The Morgan fingerprint density at radius 3 is 1.85 bits per heavy atom. The third-order valence-electron chi connectivity index (χ3n) is 4.31. The van der Waals surface area contributed by atoms with Crippen LogP contribution < -0.4 is 0 Å². The quantitative estimate of drug-likeness (QED) is 0.522. The Balaban J connectivity index is 2.38. The van der Waals surface area contributed by atoms with Gasteiger partial charge < -0.3 is 0 Å². The van der Waals surface area contributed by atoms with Crippen molar-refractivity contribution >= 4 is 22.9 Å². The van der Waals surface area contributed by atoms with Gasteiger partial charge in [0.2, 0.25) is 11.6 Å². The first-order valence-corrected chi connectivity index (χ1v) is 7.96. The molecule has 1 aliphatic carbocycles. The number of hydrogen-bond donors (Lipinski definition) is 0. The van der Waals surface area contributed by atoms with E-state index in [2.05, 4.69) is 0 Å². The summed E-state index contributed by atoms with van der Waals surface area (Å²) < 4.78 is 0. The van der Waals surface area contributed by atoms with E-state index in [1.165, 1.54) is 24.3 Å². The topological polar surface area (TPSA) is 120 Å². The third kappa shape index (κ3) is 2.55. The second-order valence-electron chi connectivity index (χ2n) is 6.17. The highest BCUT2D eigenvalue weighted by Gasteiger charge is 2.40. The minimum absolute atomic E-state index is 0.146. The fraction of sp³-hybridized carbons (Fsp3) is 0.222. The number of nitro benzene ring substituents is 2. The minimum Gasteiger partial charge on any atom is -0.288 e. The van der Waals surface area contributed by atoms with Crippen molar-refractivity contribution in [2.24, 2.45) is 0 Å². The number of nitrogens with zero attached hydrogens (tertiary/aromatic N) is 2. The van der Waals surface area contributed by atoms with Crippen molar-refractivity contribution in [1.29, 1.82) is 0 Å². The minimum atomic E-state index is -0.740. The molecule has 0 radical (unpaired) electrons. The molecule has 0 saturated carbocycles. The van der Waals surface area contributed by atoms with Crippen molar-refractivity contribution in [3.63, 3.8) is 0 Å². The maximum Gasteiger partial charge on any atom is 0.281 e. The Morgan fingerprint density at radius 1 is 0.846 bits per heavy atom. The molecule has 0 aliphatic heterocycles. The fourth-order valence-electron chi connectivity index (χ4n) is 3.28. The zero-order chi connectivity index (χ0) is 19.2. The molecule has 2 aromatic rings. The van der Waals surface area contributed by atoms with Gasteiger partial charge >= 0.3 is 0 Å². The van der Waals surface area contributed by atoms with Crippen LogP contribution in [0.15, 0.2) is 24.3 Å². The standard InChI is InChI=1S/C18H14N2O6/c1-3-4-10-7-12-16(14(8-10)20(25)26)17(21)11-5-9(2)6-13(19(23)24)15(11)18(12)22/h5-8H,3-4H2,1-2H3. The van der Waals surface area contributed by atoms with Gasteiger partial charge in [-0.1, -0.05) is 13.3 Å². The van der Waals surface area contributed by atoms with Crippen molar-refractivity contribution in [3.05, 3.63) is 77.9 Å². The number of ketones is 2. The van der Waals surface area contributed by atoms with Crippen LogP contribution in [0.5, 0.6) is 0 Å². The molecule has 1 aliphatic rings. The normalized spacial score (nSPS) is 12.5.